The molecule has 2 aromatic rings. The SMILES string of the molecule is COc1ccc(/C=C2\SC(=O)N(CCNC(=O)COc3ccc(C)cc3C)C2=O)cc1. The van der Waals surface area contributed by atoms with E-state index in [0.29, 0.717) is 16.4 Å². The average molecular weight is 441 g/mol. The third kappa shape index (κ3) is 5.88. The van der Waals surface area contributed by atoms with Crippen molar-refractivity contribution in [2.24, 2.45) is 0 Å². The zero-order chi connectivity index (χ0) is 22.4. The van der Waals surface area contributed by atoms with E-state index in [1.54, 1.807) is 25.3 Å². The summed E-state index contributed by atoms with van der Waals surface area (Å²) in [4.78, 5) is 38.3. The Kier molecular flexibility index (Phi) is 7.36. The van der Waals surface area contributed by atoms with Crippen LogP contribution in [-0.2, 0) is 9.59 Å². The van der Waals surface area contributed by atoms with Crippen molar-refractivity contribution < 1.29 is 23.9 Å². The van der Waals surface area contributed by atoms with Gasteiger partial charge in [0.05, 0.1) is 12.0 Å². The lowest BCUT2D eigenvalue weighted by Gasteiger charge is -2.13. The molecule has 0 atom stereocenters. The molecule has 1 fully saturated rings. The van der Waals surface area contributed by atoms with Crippen molar-refractivity contribution in [3.63, 3.8) is 0 Å². The van der Waals surface area contributed by atoms with Crippen LogP contribution in [-0.4, -0.2) is 48.8 Å². The lowest BCUT2D eigenvalue weighted by atomic mass is 10.1. The first kappa shape index (κ1) is 22.4. The molecule has 0 unspecified atom stereocenters. The molecule has 0 saturated carbocycles. The molecule has 1 N–H and O–H groups in total. The minimum absolute atomic E-state index is 0.0971. The van der Waals surface area contributed by atoms with Crippen LogP contribution in [0.4, 0.5) is 4.79 Å². The van der Waals surface area contributed by atoms with Gasteiger partial charge in [0.25, 0.3) is 17.1 Å². The minimum atomic E-state index is -0.369. The van der Waals surface area contributed by atoms with Gasteiger partial charge in [0.15, 0.2) is 6.61 Å². The summed E-state index contributed by atoms with van der Waals surface area (Å²) in [6.45, 7) is 4.02. The van der Waals surface area contributed by atoms with Gasteiger partial charge in [-0.2, -0.15) is 0 Å². The highest BCUT2D eigenvalue weighted by molar-refractivity contribution is 8.18. The Morgan fingerprint density at radius 1 is 1.13 bits per heavy atom. The van der Waals surface area contributed by atoms with Crippen molar-refractivity contribution in [3.8, 4) is 11.5 Å². The normalized spacial score (nSPS) is 14.8. The van der Waals surface area contributed by atoms with Crippen molar-refractivity contribution in [3.05, 3.63) is 64.1 Å². The maximum Gasteiger partial charge on any atom is 0.293 e. The van der Waals surface area contributed by atoms with Crippen molar-refractivity contribution >= 4 is 34.9 Å². The minimum Gasteiger partial charge on any atom is -0.497 e. The molecule has 1 aliphatic heterocycles. The molecule has 0 aliphatic carbocycles. The predicted molar refractivity (Wildman–Crippen MR) is 120 cm³/mol. The number of benzene rings is 2. The van der Waals surface area contributed by atoms with Crippen LogP contribution >= 0.6 is 11.8 Å². The average Bonchev–Trinajstić information content (AvgIpc) is 3.01. The summed E-state index contributed by atoms with van der Waals surface area (Å²) in [6, 6.07) is 12.9. The smallest absolute Gasteiger partial charge is 0.293 e. The van der Waals surface area contributed by atoms with Crippen LogP contribution in [0.1, 0.15) is 16.7 Å². The fraction of sp³-hybridized carbons (Fsp3) is 0.261. The van der Waals surface area contributed by atoms with E-state index in [-0.39, 0.29) is 36.7 Å². The van der Waals surface area contributed by atoms with Crippen molar-refractivity contribution in [1.29, 1.82) is 0 Å². The highest BCUT2D eigenvalue weighted by Crippen LogP contribution is 2.32. The molecule has 0 spiro atoms. The molecule has 3 amide bonds. The number of rotatable bonds is 8. The molecule has 1 saturated heterocycles. The Bertz CT molecular complexity index is 1020. The van der Waals surface area contributed by atoms with Crippen LogP contribution in [0.15, 0.2) is 47.4 Å². The zero-order valence-corrected chi connectivity index (χ0v) is 18.5. The number of nitrogens with zero attached hydrogens (tertiary/aromatic N) is 1. The Labute approximate surface area is 185 Å². The molecule has 2 aromatic carbocycles. The van der Waals surface area contributed by atoms with E-state index < -0.39 is 0 Å². The molecule has 31 heavy (non-hydrogen) atoms. The van der Waals surface area contributed by atoms with E-state index in [4.69, 9.17) is 9.47 Å². The number of carbonyl (C=O) groups is 3. The van der Waals surface area contributed by atoms with Crippen LogP contribution in [0, 0.1) is 13.8 Å². The van der Waals surface area contributed by atoms with Gasteiger partial charge in [-0.05, 0) is 61.0 Å². The zero-order valence-electron chi connectivity index (χ0n) is 17.6. The van der Waals surface area contributed by atoms with E-state index >= 15 is 0 Å². The molecule has 7 nitrogen and oxygen atoms in total. The maximum atomic E-state index is 12.5. The van der Waals surface area contributed by atoms with E-state index in [1.165, 1.54) is 0 Å². The molecule has 0 radical (unpaired) electrons. The molecule has 1 aliphatic rings. The van der Waals surface area contributed by atoms with Crippen LogP contribution in [0.25, 0.3) is 6.08 Å². The molecule has 8 heteroatoms. The number of imide groups is 1. The Balaban J connectivity index is 1.48. The van der Waals surface area contributed by atoms with Crippen molar-refractivity contribution in [2.75, 3.05) is 26.8 Å². The van der Waals surface area contributed by atoms with E-state index in [1.807, 2.05) is 44.2 Å². The number of carbonyl (C=O) groups excluding carboxylic acids is 3. The second-order valence-corrected chi connectivity index (χ2v) is 8.01. The highest BCUT2D eigenvalue weighted by atomic mass is 32.2. The molecular weight excluding hydrogens is 416 g/mol. The van der Waals surface area contributed by atoms with Gasteiger partial charge >= 0.3 is 0 Å². The van der Waals surface area contributed by atoms with Gasteiger partial charge < -0.3 is 14.8 Å². The van der Waals surface area contributed by atoms with Gasteiger partial charge in [0.1, 0.15) is 11.5 Å². The molecule has 1 heterocycles. The molecule has 3 rings (SSSR count). The van der Waals surface area contributed by atoms with Gasteiger partial charge in [0.2, 0.25) is 0 Å². The number of methoxy groups -OCH3 is 1. The fourth-order valence-electron chi connectivity index (χ4n) is 3.01. The lowest BCUT2D eigenvalue weighted by Crippen LogP contribution is -2.38. The Morgan fingerprint density at radius 2 is 1.87 bits per heavy atom. The van der Waals surface area contributed by atoms with Gasteiger partial charge in [0, 0.05) is 13.1 Å². The first-order chi connectivity index (χ1) is 14.9. The number of hydrogen-bond acceptors (Lipinski definition) is 6. The molecule has 0 bridgehead atoms. The monoisotopic (exact) mass is 440 g/mol. The lowest BCUT2D eigenvalue weighted by molar-refractivity contribution is -0.125. The summed E-state index contributed by atoms with van der Waals surface area (Å²) in [7, 11) is 1.58. The van der Waals surface area contributed by atoms with Crippen LogP contribution in [0.5, 0.6) is 11.5 Å². The van der Waals surface area contributed by atoms with Gasteiger partial charge in [-0.15, -0.1) is 0 Å². The van der Waals surface area contributed by atoms with Crippen molar-refractivity contribution in [2.45, 2.75) is 13.8 Å². The molecule has 0 aromatic heterocycles. The second-order valence-electron chi connectivity index (χ2n) is 7.01. The summed E-state index contributed by atoms with van der Waals surface area (Å²) in [5, 5.41) is 2.32. The number of thioether (sulfide) groups is 1. The van der Waals surface area contributed by atoms with Crippen LogP contribution in [0.3, 0.4) is 0 Å². The first-order valence-corrected chi connectivity index (χ1v) is 10.5. The number of hydrogen-bond donors (Lipinski definition) is 1. The van der Waals surface area contributed by atoms with E-state index in [9.17, 15) is 14.4 Å². The summed E-state index contributed by atoms with van der Waals surface area (Å²) in [5.41, 5.74) is 2.87. The van der Waals surface area contributed by atoms with Gasteiger partial charge in [-0.25, -0.2) is 0 Å². The second kappa shape index (κ2) is 10.2. The van der Waals surface area contributed by atoms with Crippen LogP contribution in [0.2, 0.25) is 0 Å². The fourth-order valence-corrected chi connectivity index (χ4v) is 3.87. The van der Waals surface area contributed by atoms with E-state index in [2.05, 4.69) is 5.32 Å². The third-order valence-electron chi connectivity index (χ3n) is 4.63. The predicted octanol–water partition coefficient (Wildman–Crippen LogP) is 3.54. The maximum absolute atomic E-state index is 12.5. The largest absolute Gasteiger partial charge is 0.497 e. The molecule has 162 valence electrons. The summed E-state index contributed by atoms with van der Waals surface area (Å²) in [6.07, 6.45) is 1.67. The first-order valence-electron chi connectivity index (χ1n) is 9.73. The van der Waals surface area contributed by atoms with Gasteiger partial charge in [-0.1, -0.05) is 29.8 Å². The highest BCUT2D eigenvalue weighted by Gasteiger charge is 2.34. The summed E-state index contributed by atoms with van der Waals surface area (Å²) < 4.78 is 10.6. The summed E-state index contributed by atoms with van der Waals surface area (Å²) in [5.74, 6) is 0.671. The quantitative estimate of drug-likeness (QED) is 0.632. The Morgan fingerprint density at radius 3 is 2.55 bits per heavy atom. The number of aryl methyl sites for hydroxylation is 2. The number of nitrogens with one attached hydrogen (secondary N) is 1. The van der Waals surface area contributed by atoms with E-state index in [0.717, 1.165) is 33.4 Å². The van der Waals surface area contributed by atoms with Crippen LogP contribution < -0.4 is 14.8 Å². The topological polar surface area (TPSA) is 84.9 Å². The standard InChI is InChI=1S/C23H24N2O5S/c1-15-4-9-19(16(2)12-15)30-14-21(26)24-10-11-25-22(27)20(31-23(25)28)13-17-5-7-18(29-3)8-6-17/h4-9,12-13H,10-11,14H2,1-3H3,(H,24,26)/b20-13-. The summed E-state index contributed by atoms with van der Waals surface area (Å²) >= 11 is 0.886. The Hall–Kier alpha value is -3.26. The molecular formula is C23H24N2O5S. The third-order valence-corrected chi connectivity index (χ3v) is 5.54. The number of amides is 3. The van der Waals surface area contributed by atoms with Crippen molar-refractivity contribution in [1.82, 2.24) is 10.2 Å². The number of ether oxygens (including phenoxy) is 2. The van der Waals surface area contributed by atoms with Gasteiger partial charge in [-0.3, -0.25) is 19.3 Å².